The smallest absolute Gasteiger partial charge is 0.318 e. The van der Waals surface area contributed by atoms with Crippen LogP contribution in [0.4, 0.5) is 0 Å². The van der Waals surface area contributed by atoms with Crippen LogP contribution in [0.2, 0.25) is 0 Å². The summed E-state index contributed by atoms with van der Waals surface area (Å²) in [5.74, 6) is -2.83. The van der Waals surface area contributed by atoms with E-state index >= 15 is 0 Å². The lowest BCUT2D eigenvalue weighted by atomic mass is 10.2. The second kappa shape index (κ2) is 6.02. The van der Waals surface area contributed by atoms with Gasteiger partial charge in [0.2, 0.25) is 10.0 Å². The van der Waals surface area contributed by atoms with Crippen molar-refractivity contribution in [3.8, 4) is 0 Å². The lowest BCUT2D eigenvalue weighted by Gasteiger charge is -2.19. The first-order valence-electron chi connectivity index (χ1n) is 5.65. The number of carbonyl (C=O) groups is 2. The van der Waals surface area contributed by atoms with E-state index in [9.17, 15) is 18.0 Å². The fourth-order valence-corrected chi connectivity index (χ4v) is 3.30. The molecule has 0 unspecified atom stereocenters. The van der Waals surface area contributed by atoms with Gasteiger partial charge in [-0.2, -0.15) is 4.31 Å². The van der Waals surface area contributed by atoms with Crippen LogP contribution in [-0.4, -0.2) is 48.0 Å². The van der Waals surface area contributed by atoms with Crippen molar-refractivity contribution in [1.82, 2.24) is 4.31 Å². The lowest BCUT2D eigenvalue weighted by molar-refractivity contribution is -0.139. The summed E-state index contributed by atoms with van der Waals surface area (Å²) >= 11 is 0. The number of nitrogens with zero attached hydrogens (tertiary/aromatic N) is 1. The normalized spacial score (nSPS) is 11.6. The summed E-state index contributed by atoms with van der Waals surface area (Å²) in [5.41, 5.74) is 1.11. The molecule has 1 rings (SSSR count). The van der Waals surface area contributed by atoms with Crippen molar-refractivity contribution in [3.63, 3.8) is 0 Å². The van der Waals surface area contributed by atoms with Gasteiger partial charge in [-0.25, -0.2) is 8.42 Å². The largest absolute Gasteiger partial charge is 0.480 e. The monoisotopic (exact) mass is 301 g/mol. The van der Waals surface area contributed by atoms with E-state index in [0.29, 0.717) is 15.4 Å². The predicted octanol–water partition coefficient (Wildman–Crippen LogP) is 0.463. The number of benzene rings is 1. The molecule has 0 atom stereocenters. The van der Waals surface area contributed by atoms with Gasteiger partial charge in [-0.15, -0.1) is 0 Å². The average molecular weight is 301 g/mol. The second-order valence-electron chi connectivity index (χ2n) is 4.33. The molecule has 0 aliphatic rings. The Morgan fingerprint density at radius 1 is 1.10 bits per heavy atom. The van der Waals surface area contributed by atoms with Crippen LogP contribution < -0.4 is 0 Å². The molecule has 0 bridgehead atoms. The van der Waals surface area contributed by atoms with Crippen LogP contribution in [-0.2, 0) is 19.6 Å². The maximum atomic E-state index is 12.4. The van der Waals surface area contributed by atoms with Crippen molar-refractivity contribution >= 4 is 22.0 Å². The van der Waals surface area contributed by atoms with Gasteiger partial charge in [-0.3, -0.25) is 9.59 Å². The molecule has 1 aromatic carbocycles. The van der Waals surface area contributed by atoms with Crippen molar-refractivity contribution in [2.24, 2.45) is 0 Å². The van der Waals surface area contributed by atoms with Crippen molar-refractivity contribution in [3.05, 3.63) is 29.3 Å². The molecule has 2 N–H and O–H groups in total. The van der Waals surface area contributed by atoms with Gasteiger partial charge in [-0.05, 0) is 31.0 Å². The number of rotatable bonds is 6. The van der Waals surface area contributed by atoms with Crippen LogP contribution >= 0.6 is 0 Å². The number of hydrogen-bond acceptors (Lipinski definition) is 4. The minimum absolute atomic E-state index is 0.0833. The van der Waals surface area contributed by atoms with E-state index < -0.39 is 35.1 Å². The molecule has 0 aromatic heterocycles. The maximum absolute atomic E-state index is 12.4. The van der Waals surface area contributed by atoms with Crippen LogP contribution in [0.25, 0.3) is 0 Å². The SMILES string of the molecule is Cc1ccc(C)c(S(=O)(=O)N(CC(=O)O)CC(=O)O)c1. The molecule has 0 heterocycles. The summed E-state index contributed by atoms with van der Waals surface area (Å²) in [6.07, 6.45) is 0. The van der Waals surface area contributed by atoms with Crippen molar-refractivity contribution in [2.75, 3.05) is 13.1 Å². The summed E-state index contributed by atoms with van der Waals surface area (Å²) < 4.78 is 25.2. The number of carboxylic acids is 2. The first-order valence-corrected chi connectivity index (χ1v) is 7.09. The fraction of sp³-hybridized carbons (Fsp3) is 0.333. The number of aliphatic carboxylic acids is 2. The lowest BCUT2D eigenvalue weighted by Crippen LogP contribution is -2.39. The van der Waals surface area contributed by atoms with Crippen LogP contribution in [0.3, 0.4) is 0 Å². The zero-order valence-corrected chi connectivity index (χ0v) is 11.8. The quantitative estimate of drug-likeness (QED) is 0.789. The zero-order chi connectivity index (χ0) is 15.5. The Labute approximate surface area is 116 Å². The minimum Gasteiger partial charge on any atom is -0.480 e. The topological polar surface area (TPSA) is 112 Å². The highest BCUT2D eigenvalue weighted by atomic mass is 32.2. The summed E-state index contributed by atoms with van der Waals surface area (Å²) in [7, 11) is -4.17. The Bertz CT molecular complexity index is 621. The van der Waals surface area contributed by atoms with Gasteiger partial charge in [-0.1, -0.05) is 12.1 Å². The highest BCUT2D eigenvalue weighted by Gasteiger charge is 2.29. The fourth-order valence-electron chi connectivity index (χ4n) is 1.65. The third kappa shape index (κ3) is 3.78. The molecule has 0 spiro atoms. The number of sulfonamides is 1. The van der Waals surface area contributed by atoms with Gasteiger partial charge < -0.3 is 10.2 Å². The van der Waals surface area contributed by atoms with Crippen molar-refractivity contribution in [1.29, 1.82) is 0 Å². The molecule has 8 heteroatoms. The Morgan fingerprint density at radius 2 is 1.60 bits per heavy atom. The summed E-state index contributed by atoms with van der Waals surface area (Å²) in [4.78, 5) is 21.4. The molecule has 0 saturated carbocycles. The van der Waals surface area contributed by atoms with Gasteiger partial charge in [0.1, 0.15) is 13.1 Å². The summed E-state index contributed by atoms with van der Waals surface area (Å²) in [6.45, 7) is 1.45. The molecule has 0 saturated heterocycles. The molecule has 20 heavy (non-hydrogen) atoms. The molecular formula is C12H15NO6S. The third-order valence-electron chi connectivity index (χ3n) is 2.58. The van der Waals surface area contributed by atoms with E-state index in [1.165, 1.54) is 6.07 Å². The van der Waals surface area contributed by atoms with E-state index in [2.05, 4.69) is 0 Å². The van der Waals surface area contributed by atoms with Gasteiger partial charge in [0, 0.05) is 0 Å². The molecule has 0 aliphatic heterocycles. The Kier molecular flexibility index (Phi) is 4.85. The van der Waals surface area contributed by atoms with Crippen molar-refractivity contribution in [2.45, 2.75) is 18.7 Å². The van der Waals surface area contributed by atoms with Crippen molar-refractivity contribution < 1.29 is 28.2 Å². The highest BCUT2D eigenvalue weighted by molar-refractivity contribution is 7.89. The van der Waals surface area contributed by atoms with Crippen LogP contribution in [0.1, 0.15) is 11.1 Å². The molecular weight excluding hydrogens is 286 g/mol. The highest BCUT2D eigenvalue weighted by Crippen LogP contribution is 2.21. The van der Waals surface area contributed by atoms with E-state index in [1.54, 1.807) is 26.0 Å². The van der Waals surface area contributed by atoms with Gasteiger partial charge in [0.25, 0.3) is 0 Å². The number of aryl methyl sites for hydroxylation is 2. The van der Waals surface area contributed by atoms with E-state index in [-0.39, 0.29) is 4.90 Å². The second-order valence-corrected chi connectivity index (χ2v) is 6.24. The number of carboxylic acid groups (broad SMARTS) is 2. The molecule has 7 nitrogen and oxygen atoms in total. The summed E-state index contributed by atoms with van der Waals surface area (Å²) in [5, 5.41) is 17.5. The van der Waals surface area contributed by atoms with E-state index in [0.717, 1.165) is 0 Å². The van der Waals surface area contributed by atoms with Crippen LogP contribution in [0.15, 0.2) is 23.1 Å². The first-order chi connectivity index (χ1) is 9.14. The van der Waals surface area contributed by atoms with Crippen LogP contribution in [0.5, 0.6) is 0 Å². The molecule has 0 radical (unpaired) electrons. The van der Waals surface area contributed by atoms with Gasteiger partial charge >= 0.3 is 11.9 Å². The Morgan fingerprint density at radius 3 is 2.05 bits per heavy atom. The summed E-state index contributed by atoms with van der Waals surface area (Å²) in [6, 6.07) is 4.69. The molecule has 0 aliphatic carbocycles. The molecule has 0 fully saturated rings. The Balaban J connectivity index is 3.31. The predicted molar refractivity (Wildman–Crippen MR) is 69.9 cm³/mol. The molecule has 0 amide bonds. The first kappa shape index (κ1) is 16.1. The minimum atomic E-state index is -4.17. The van der Waals surface area contributed by atoms with Crippen LogP contribution in [0, 0.1) is 13.8 Å². The Hall–Kier alpha value is -1.93. The van der Waals surface area contributed by atoms with E-state index in [4.69, 9.17) is 10.2 Å². The maximum Gasteiger partial charge on any atom is 0.318 e. The standard InChI is InChI=1S/C12H15NO6S/c1-8-3-4-9(2)10(5-8)20(18,19)13(6-11(14)15)7-12(16)17/h3-5H,6-7H2,1-2H3,(H,14,15)(H,16,17). The number of hydrogen-bond donors (Lipinski definition) is 2. The van der Waals surface area contributed by atoms with Gasteiger partial charge in [0.05, 0.1) is 4.90 Å². The molecule has 1 aromatic rings. The third-order valence-corrected chi connectivity index (χ3v) is 4.52. The average Bonchev–Trinajstić information content (AvgIpc) is 2.30. The van der Waals surface area contributed by atoms with Gasteiger partial charge in [0.15, 0.2) is 0 Å². The van der Waals surface area contributed by atoms with E-state index in [1.807, 2.05) is 0 Å². The zero-order valence-electron chi connectivity index (χ0n) is 11.0. The molecule has 110 valence electrons.